The van der Waals surface area contributed by atoms with Gasteiger partial charge in [0.05, 0.1) is 18.5 Å². The Kier molecular flexibility index (Phi) is 4.77. The highest BCUT2D eigenvalue weighted by atomic mass is 32.1. The third-order valence-electron chi connectivity index (χ3n) is 5.18. The van der Waals surface area contributed by atoms with Gasteiger partial charge in [-0.1, -0.05) is 60.2 Å². The van der Waals surface area contributed by atoms with Gasteiger partial charge in [-0.3, -0.25) is 13.9 Å². The van der Waals surface area contributed by atoms with Gasteiger partial charge in [0.1, 0.15) is 4.83 Å². The number of hydrogen-bond donors (Lipinski definition) is 0. The highest BCUT2D eigenvalue weighted by molar-refractivity contribution is 7.18. The van der Waals surface area contributed by atoms with Crippen molar-refractivity contribution in [1.82, 2.24) is 9.13 Å². The van der Waals surface area contributed by atoms with E-state index >= 15 is 0 Å². The molecule has 0 bridgehead atoms. The van der Waals surface area contributed by atoms with E-state index < -0.39 is 0 Å². The van der Waals surface area contributed by atoms with Crippen LogP contribution in [0.1, 0.15) is 27.1 Å². The fraction of sp³-hybridized carbons (Fsp3) is 0.217. The summed E-state index contributed by atoms with van der Waals surface area (Å²) < 4.78 is 3.11. The van der Waals surface area contributed by atoms with Crippen LogP contribution in [-0.2, 0) is 13.1 Å². The van der Waals surface area contributed by atoms with Crippen molar-refractivity contribution in [2.24, 2.45) is 0 Å². The number of benzene rings is 2. The summed E-state index contributed by atoms with van der Waals surface area (Å²) in [5, 5.41) is 0.658. The van der Waals surface area contributed by atoms with Gasteiger partial charge in [-0.25, -0.2) is 4.79 Å². The topological polar surface area (TPSA) is 44.0 Å². The Morgan fingerprint density at radius 1 is 0.786 bits per heavy atom. The number of aromatic nitrogens is 2. The Labute approximate surface area is 167 Å². The molecule has 0 N–H and O–H groups in total. The molecule has 0 fully saturated rings. The maximum absolute atomic E-state index is 13.3. The van der Waals surface area contributed by atoms with Gasteiger partial charge in [-0.05, 0) is 37.5 Å². The molecular formula is C23H22N2O2S. The number of thiophene rings is 1. The molecule has 0 amide bonds. The van der Waals surface area contributed by atoms with Crippen molar-refractivity contribution in [3.8, 4) is 0 Å². The van der Waals surface area contributed by atoms with E-state index in [0.717, 1.165) is 26.4 Å². The number of aryl methyl sites for hydroxylation is 3. The van der Waals surface area contributed by atoms with E-state index in [1.807, 2.05) is 75.4 Å². The van der Waals surface area contributed by atoms with Crippen molar-refractivity contribution in [1.29, 1.82) is 0 Å². The highest BCUT2D eigenvalue weighted by Crippen LogP contribution is 2.27. The molecule has 4 rings (SSSR count). The first-order chi connectivity index (χ1) is 13.5. The van der Waals surface area contributed by atoms with Gasteiger partial charge in [0.2, 0.25) is 0 Å². The second-order valence-corrected chi connectivity index (χ2v) is 8.40. The molecule has 142 valence electrons. The van der Waals surface area contributed by atoms with Gasteiger partial charge in [0.15, 0.2) is 0 Å². The molecule has 28 heavy (non-hydrogen) atoms. The molecule has 0 atom stereocenters. The molecule has 2 heterocycles. The van der Waals surface area contributed by atoms with Crippen molar-refractivity contribution in [2.75, 3.05) is 0 Å². The van der Waals surface area contributed by atoms with Crippen molar-refractivity contribution < 1.29 is 0 Å². The predicted molar refractivity (Wildman–Crippen MR) is 116 cm³/mol. The molecule has 0 saturated carbocycles. The number of hydrogen-bond acceptors (Lipinski definition) is 3. The molecule has 4 aromatic rings. The minimum Gasteiger partial charge on any atom is -0.280 e. The second kappa shape index (κ2) is 7.24. The molecular weight excluding hydrogens is 368 g/mol. The maximum atomic E-state index is 13.3. The first-order valence-corrected chi connectivity index (χ1v) is 10.1. The molecule has 0 unspecified atom stereocenters. The van der Waals surface area contributed by atoms with Crippen LogP contribution < -0.4 is 11.2 Å². The minimum absolute atomic E-state index is 0.203. The lowest BCUT2D eigenvalue weighted by Gasteiger charge is -2.13. The van der Waals surface area contributed by atoms with Gasteiger partial charge in [0.25, 0.3) is 5.56 Å². The fourth-order valence-electron chi connectivity index (χ4n) is 3.43. The van der Waals surface area contributed by atoms with Gasteiger partial charge < -0.3 is 0 Å². The first kappa shape index (κ1) is 18.4. The Balaban J connectivity index is 1.94. The van der Waals surface area contributed by atoms with Gasteiger partial charge in [-0.2, -0.15) is 0 Å². The van der Waals surface area contributed by atoms with E-state index in [2.05, 4.69) is 0 Å². The van der Waals surface area contributed by atoms with Crippen LogP contribution in [0, 0.1) is 20.8 Å². The summed E-state index contributed by atoms with van der Waals surface area (Å²) in [6, 6.07) is 17.8. The van der Waals surface area contributed by atoms with Crippen LogP contribution in [0.2, 0.25) is 0 Å². The summed E-state index contributed by atoms with van der Waals surface area (Å²) in [5.41, 5.74) is 3.66. The van der Waals surface area contributed by atoms with E-state index in [1.165, 1.54) is 21.5 Å². The third-order valence-corrected chi connectivity index (χ3v) is 6.41. The molecule has 0 spiro atoms. The number of rotatable bonds is 4. The average Bonchev–Trinajstić information content (AvgIpc) is 2.99. The van der Waals surface area contributed by atoms with E-state index in [1.54, 1.807) is 4.57 Å². The number of nitrogens with zero attached hydrogens (tertiary/aromatic N) is 2. The zero-order valence-electron chi connectivity index (χ0n) is 16.2. The Morgan fingerprint density at radius 2 is 1.39 bits per heavy atom. The van der Waals surface area contributed by atoms with Crippen molar-refractivity contribution in [3.05, 3.63) is 103 Å². The van der Waals surface area contributed by atoms with E-state index in [9.17, 15) is 9.59 Å². The average molecular weight is 391 g/mol. The summed E-state index contributed by atoms with van der Waals surface area (Å²) in [6.07, 6.45) is 0. The van der Waals surface area contributed by atoms with Crippen LogP contribution in [0.5, 0.6) is 0 Å². The van der Waals surface area contributed by atoms with Crippen molar-refractivity contribution in [2.45, 2.75) is 33.9 Å². The Hall–Kier alpha value is -2.92. The fourth-order valence-corrected chi connectivity index (χ4v) is 4.57. The lowest BCUT2D eigenvalue weighted by Crippen LogP contribution is -2.40. The molecule has 2 aromatic heterocycles. The summed E-state index contributed by atoms with van der Waals surface area (Å²) in [5.74, 6) is 0. The molecule has 2 aromatic carbocycles. The highest BCUT2D eigenvalue weighted by Gasteiger charge is 2.19. The van der Waals surface area contributed by atoms with Crippen LogP contribution >= 0.6 is 11.3 Å². The molecule has 0 aliphatic carbocycles. The first-order valence-electron chi connectivity index (χ1n) is 9.28. The summed E-state index contributed by atoms with van der Waals surface area (Å²) in [6.45, 7) is 6.73. The van der Waals surface area contributed by atoms with E-state index in [0.29, 0.717) is 11.9 Å². The van der Waals surface area contributed by atoms with Crippen LogP contribution in [0.3, 0.4) is 0 Å². The zero-order chi connectivity index (χ0) is 19.8. The predicted octanol–water partition coefficient (Wildman–Crippen LogP) is 4.25. The van der Waals surface area contributed by atoms with Gasteiger partial charge in [-0.15, -0.1) is 11.3 Å². The molecule has 0 aliphatic heterocycles. The summed E-state index contributed by atoms with van der Waals surface area (Å²) in [4.78, 5) is 28.4. The molecule has 0 saturated heterocycles. The maximum Gasteiger partial charge on any atom is 0.332 e. The van der Waals surface area contributed by atoms with Crippen LogP contribution in [0.15, 0.2) is 64.2 Å². The molecule has 4 nitrogen and oxygen atoms in total. The second-order valence-electron chi connectivity index (χ2n) is 7.19. The molecule has 5 heteroatoms. The van der Waals surface area contributed by atoms with E-state index in [4.69, 9.17) is 0 Å². The minimum atomic E-state index is -0.261. The standard InChI is InChI=1S/C23H22N2O2S/c1-15-9-11-19(12-10-15)14-25-22-20(16(2)17(3)28-22)21(26)24(23(25)27)13-18-7-5-4-6-8-18/h4-12H,13-14H2,1-3H3. The lowest BCUT2D eigenvalue weighted by atomic mass is 10.1. The largest absolute Gasteiger partial charge is 0.332 e. The van der Waals surface area contributed by atoms with Crippen LogP contribution in [0.4, 0.5) is 0 Å². The Morgan fingerprint density at radius 3 is 2.07 bits per heavy atom. The lowest BCUT2D eigenvalue weighted by molar-refractivity contribution is 0.637. The summed E-state index contributed by atoms with van der Waals surface area (Å²) in [7, 11) is 0. The normalized spacial score (nSPS) is 11.2. The Bertz CT molecular complexity index is 1260. The summed E-state index contributed by atoms with van der Waals surface area (Å²) >= 11 is 1.52. The van der Waals surface area contributed by atoms with Crippen LogP contribution in [-0.4, -0.2) is 9.13 Å². The number of fused-ring (bicyclic) bond motifs is 1. The SMILES string of the molecule is Cc1ccc(Cn2c(=O)n(Cc3ccccc3)c(=O)c3c(C)c(C)sc32)cc1. The monoisotopic (exact) mass is 390 g/mol. The van der Waals surface area contributed by atoms with Gasteiger partial charge >= 0.3 is 5.69 Å². The van der Waals surface area contributed by atoms with Crippen LogP contribution in [0.25, 0.3) is 10.2 Å². The third kappa shape index (κ3) is 3.22. The van der Waals surface area contributed by atoms with Gasteiger partial charge in [0, 0.05) is 4.88 Å². The zero-order valence-corrected chi connectivity index (χ0v) is 17.0. The van der Waals surface area contributed by atoms with Crippen molar-refractivity contribution in [3.63, 3.8) is 0 Å². The quantitative estimate of drug-likeness (QED) is 0.523. The van der Waals surface area contributed by atoms with Crippen molar-refractivity contribution >= 4 is 21.6 Å². The molecule has 0 radical (unpaired) electrons. The molecule has 0 aliphatic rings. The smallest absolute Gasteiger partial charge is 0.280 e. The van der Waals surface area contributed by atoms with E-state index in [-0.39, 0.29) is 17.8 Å².